The normalized spacial score (nSPS) is 11.8. The minimum absolute atomic E-state index is 0.363. The molecule has 15 nitrogen and oxygen atoms in total. The molecular weight excluding hydrogens is 778 g/mol. The zero-order chi connectivity index (χ0) is 43.7. The van der Waals surface area contributed by atoms with Crippen LogP contribution < -0.4 is 0 Å². The summed E-state index contributed by atoms with van der Waals surface area (Å²) >= 11 is 0. The standard InChI is InChI=1S/C45H91NO14/c1-6-7-8-9-10-11-12-13-14-15-16-17-18-20-48-22-24-50-26-28-52-30-32-54-34-36-56-38-40-58-42-43-59-41-39-57-37-35-55-33-31-53-29-27-51-25-23-49-21-19-46(5)44(47)60-45(2,3)4/h6-43H2,1-5H3. The summed E-state index contributed by atoms with van der Waals surface area (Å²) in [7, 11) is 1.68. The summed E-state index contributed by atoms with van der Waals surface area (Å²) in [5.74, 6) is 0. The van der Waals surface area contributed by atoms with Crippen molar-refractivity contribution in [2.24, 2.45) is 0 Å². The Morgan fingerprint density at radius 1 is 0.333 bits per heavy atom. The lowest BCUT2D eigenvalue weighted by atomic mass is 10.0. The molecule has 0 aromatic heterocycles. The van der Waals surface area contributed by atoms with Gasteiger partial charge in [0.15, 0.2) is 0 Å². The number of ether oxygens (including phenoxy) is 13. The number of amides is 1. The number of hydrogen-bond donors (Lipinski definition) is 0. The Labute approximate surface area is 365 Å². The van der Waals surface area contributed by atoms with Crippen LogP contribution in [-0.4, -0.2) is 189 Å². The van der Waals surface area contributed by atoms with Crippen LogP contribution in [0.4, 0.5) is 4.79 Å². The number of unbranched alkanes of at least 4 members (excludes halogenated alkanes) is 12. The molecule has 0 aromatic carbocycles. The maximum absolute atomic E-state index is 11.9. The van der Waals surface area contributed by atoms with Crippen molar-refractivity contribution in [2.45, 2.75) is 117 Å². The number of likely N-dealkylation sites (N-methyl/N-ethyl adjacent to an activating group) is 1. The van der Waals surface area contributed by atoms with Crippen LogP contribution in [0, 0.1) is 0 Å². The fourth-order valence-electron chi connectivity index (χ4n) is 5.38. The third-order valence-corrected chi connectivity index (χ3v) is 8.76. The maximum Gasteiger partial charge on any atom is 0.410 e. The van der Waals surface area contributed by atoms with E-state index in [1.165, 1.54) is 81.9 Å². The molecule has 360 valence electrons. The summed E-state index contributed by atoms with van der Waals surface area (Å²) < 4.78 is 71.7. The van der Waals surface area contributed by atoms with Gasteiger partial charge in [-0.1, -0.05) is 84.0 Å². The molecule has 0 aromatic rings. The summed E-state index contributed by atoms with van der Waals surface area (Å²) in [5.41, 5.74) is -0.511. The molecule has 0 radical (unpaired) electrons. The van der Waals surface area contributed by atoms with Crippen LogP contribution in [0.3, 0.4) is 0 Å². The largest absolute Gasteiger partial charge is 0.444 e. The van der Waals surface area contributed by atoms with Gasteiger partial charge in [-0.2, -0.15) is 0 Å². The highest BCUT2D eigenvalue weighted by atomic mass is 16.6. The van der Waals surface area contributed by atoms with E-state index in [9.17, 15) is 4.79 Å². The van der Waals surface area contributed by atoms with E-state index in [-0.39, 0.29) is 6.09 Å². The average molecular weight is 870 g/mol. The van der Waals surface area contributed by atoms with Crippen LogP contribution in [0.15, 0.2) is 0 Å². The van der Waals surface area contributed by atoms with Gasteiger partial charge in [-0.15, -0.1) is 0 Å². The van der Waals surface area contributed by atoms with Crippen LogP contribution in [0.2, 0.25) is 0 Å². The molecular formula is C45H91NO14. The summed E-state index contributed by atoms with van der Waals surface area (Å²) in [5, 5.41) is 0. The summed E-state index contributed by atoms with van der Waals surface area (Å²) in [6.07, 6.45) is 17.4. The fourth-order valence-corrected chi connectivity index (χ4v) is 5.38. The molecule has 0 aliphatic rings. The smallest absolute Gasteiger partial charge is 0.410 e. The fraction of sp³-hybridized carbons (Fsp3) is 0.978. The molecule has 0 atom stereocenters. The zero-order valence-electron chi connectivity index (χ0n) is 39.0. The number of rotatable bonds is 50. The van der Waals surface area contributed by atoms with Crippen molar-refractivity contribution < 1.29 is 66.4 Å². The van der Waals surface area contributed by atoms with E-state index >= 15 is 0 Å². The first-order chi connectivity index (χ1) is 29.4. The van der Waals surface area contributed by atoms with E-state index in [0.29, 0.717) is 159 Å². The van der Waals surface area contributed by atoms with Crippen molar-refractivity contribution in [3.8, 4) is 0 Å². The van der Waals surface area contributed by atoms with Crippen LogP contribution in [0.5, 0.6) is 0 Å². The summed E-state index contributed by atoms with van der Waals surface area (Å²) in [4.78, 5) is 13.4. The van der Waals surface area contributed by atoms with Gasteiger partial charge in [0.1, 0.15) is 5.60 Å². The van der Waals surface area contributed by atoms with E-state index < -0.39 is 5.60 Å². The molecule has 60 heavy (non-hydrogen) atoms. The van der Waals surface area contributed by atoms with Crippen LogP contribution in [0.25, 0.3) is 0 Å². The highest BCUT2D eigenvalue weighted by molar-refractivity contribution is 5.67. The third kappa shape index (κ3) is 51.1. The second-order valence-corrected chi connectivity index (χ2v) is 15.5. The highest BCUT2D eigenvalue weighted by Gasteiger charge is 2.19. The molecule has 0 N–H and O–H groups in total. The first-order valence-corrected chi connectivity index (χ1v) is 23.2. The molecule has 0 unspecified atom stereocenters. The molecule has 0 rings (SSSR count). The monoisotopic (exact) mass is 870 g/mol. The number of carbonyl (C=O) groups is 1. The van der Waals surface area contributed by atoms with Gasteiger partial charge < -0.3 is 66.5 Å². The van der Waals surface area contributed by atoms with Gasteiger partial charge in [0.25, 0.3) is 0 Å². The van der Waals surface area contributed by atoms with Crippen LogP contribution >= 0.6 is 0 Å². The molecule has 0 spiro atoms. The van der Waals surface area contributed by atoms with E-state index in [4.69, 9.17) is 61.6 Å². The molecule has 1 amide bonds. The van der Waals surface area contributed by atoms with Gasteiger partial charge in [0, 0.05) is 20.2 Å². The maximum atomic E-state index is 11.9. The second kappa shape index (κ2) is 48.8. The third-order valence-electron chi connectivity index (χ3n) is 8.76. The minimum atomic E-state index is -0.511. The number of hydrogen-bond acceptors (Lipinski definition) is 14. The Bertz CT molecular complexity index is 838. The van der Waals surface area contributed by atoms with Crippen LogP contribution in [-0.2, 0) is 61.6 Å². The van der Waals surface area contributed by atoms with Crippen molar-refractivity contribution in [3.05, 3.63) is 0 Å². The van der Waals surface area contributed by atoms with Crippen molar-refractivity contribution in [1.29, 1.82) is 0 Å². The molecule has 0 saturated carbocycles. The van der Waals surface area contributed by atoms with Crippen molar-refractivity contribution in [3.63, 3.8) is 0 Å². The quantitative estimate of drug-likeness (QED) is 0.0572. The van der Waals surface area contributed by atoms with Gasteiger partial charge in [0.05, 0.1) is 152 Å². The highest BCUT2D eigenvalue weighted by Crippen LogP contribution is 2.12. The Balaban J connectivity index is 3.12. The van der Waals surface area contributed by atoms with E-state index in [2.05, 4.69) is 6.92 Å². The first kappa shape index (κ1) is 58.8. The lowest BCUT2D eigenvalue weighted by molar-refractivity contribution is -0.0285. The second-order valence-electron chi connectivity index (χ2n) is 15.5. The Morgan fingerprint density at radius 2 is 0.550 bits per heavy atom. The molecule has 0 aliphatic carbocycles. The average Bonchev–Trinajstić information content (AvgIpc) is 3.22. The van der Waals surface area contributed by atoms with E-state index in [0.717, 1.165) is 13.0 Å². The van der Waals surface area contributed by atoms with Gasteiger partial charge >= 0.3 is 6.09 Å². The van der Waals surface area contributed by atoms with Gasteiger partial charge in [-0.05, 0) is 27.2 Å². The molecule has 0 heterocycles. The number of nitrogens with zero attached hydrogens (tertiary/aromatic N) is 1. The SMILES string of the molecule is CCCCCCCCCCCCCCCOCCOCCOCCOCCOCCOCCOCCOCCOCCOCCOCCOCCN(C)C(=O)OC(C)(C)C. The minimum Gasteiger partial charge on any atom is -0.444 e. The van der Waals surface area contributed by atoms with Crippen molar-refractivity contribution >= 4 is 6.09 Å². The first-order valence-electron chi connectivity index (χ1n) is 23.2. The topological polar surface area (TPSA) is 140 Å². The Kier molecular flexibility index (Phi) is 47.8. The van der Waals surface area contributed by atoms with Gasteiger partial charge in [-0.3, -0.25) is 0 Å². The molecule has 15 heteroatoms. The molecule has 0 aliphatic heterocycles. The number of carbonyl (C=O) groups excluding carboxylic acids is 1. The summed E-state index contributed by atoms with van der Waals surface area (Å²) in [6, 6.07) is 0. The molecule has 0 bridgehead atoms. The van der Waals surface area contributed by atoms with E-state index in [1.807, 2.05) is 20.8 Å². The predicted octanol–water partition coefficient (Wildman–Crippen LogP) is 7.14. The molecule has 0 saturated heterocycles. The van der Waals surface area contributed by atoms with Crippen LogP contribution in [0.1, 0.15) is 111 Å². The van der Waals surface area contributed by atoms with E-state index in [1.54, 1.807) is 7.05 Å². The molecule has 0 fully saturated rings. The zero-order valence-corrected chi connectivity index (χ0v) is 39.0. The van der Waals surface area contributed by atoms with Crippen molar-refractivity contribution in [1.82, 2.24) is 4.90 Å². The summed E-state index contributed by atoms with van der Waals surface area (Å²) in [6.45, 7) is 20.8. The predicted molar refractivity (Wildman–Crippen MR) is 234 cm³/mol. The Hall–Kier alpha value is -1.21. The van der Waals surface area contributed by atoms with Crippen molar-refractivity contribution in [2.75, 3.05) is 172 Å². The lowest BCUT2D eigenvalue weighted by Crippen LogP contribution is -2.36. The lowest BCUT2D eigenvalue weighted by Gasteiger charge is -2.24. The van der Waals surface area contributed by atoms with Gasteiger partial charge in [0.2, 0.25) is 0 Å². The van der Waals surface area contributed by atoms with Gasteiger partial charge in [-0.25, -0.2) is 4.79 Å². The Morgan fingerprint density at radius 3 is 0.800 bits per heavy atom.